The van der Waals surface area contributed by atoms with Crippen LogP contribution >= 0.6 is 0 Å². The van der Waals surface area contributed by atoms with Gasteiger partial charge in [0.1, 0.15) is 6.04 Å². The highest BCUT2D eigenvalue weighted by molar-refractivity contribution is 5.87. The van der Waals surface area contributed by atoms with Crippen LogP contribution in [0.1, 0.15) is 12.5 Å². The number of likely N-dealkylation sites (N-methyl/N-ethyl adjacent to an activating group) is 1. The lowest BCUT2D eigenvalue weighted by atomic mass is 10.2. The van der Waals surface area contributed by atoms with Gasteiger partial charge in [-0.25, -0.2) is 0 Å². The largest absolute Gasteiger partial charge is 0.350 e. The topological polar surface area (TPSA) is 70.2 Å². The van der Waals surface area contributed by atoms with Crippen LogP contribution in [0.15, 0.2) is 30.3 Å². The Kier molecular flexibility index (Phi) is 5.87. The van der Waals surface area contributed by atoms with E-state index in [1.165, 1.54) is 6.92 Å². The van der Waals surface area contributed by atoms with Gasteiger partial charge in [0.15, 0.2) is 0 Å². The molecule has 1 aromatic carbocycles. The Morgan fingerprint density at radius 1 is 1.22 bits per heavy atom. The number of hydrogen-bond donors (Lipinski definition) is 3. The first kappa shape index (κ1) is 14.2. The van der Waals surface area contributed by atoms with Gasteiger partial charge in [0.2, 0.25) is 11.8 Å². The number of hydrogen-bond acceptors (Lipinski definition) is 3. The molecule has 1 aromatic rings. The van der Waals surface area contributed by atoms with Crippen molar-refractivity contribution < 1.29 is 9.59 Å². The van der Waals surface area contributed by atoms with Gasteiger partial charge in [-0.2, -0.15) is 0 Å². The van der Waals surface area contributed by atoms with E-state index in [2.05, 4.69) is 16.0 Å². The van der Waals surface area contributed by atoms with Crippen LogP contribution in [-0.2, 0) is 16.1 Å². The van der Waals surface area contributed by atoms with Crippen LogP contribution in [0.25, 0.3) is 0 Å². The van der Waals surface area contributed by atoms with Crippen molar-refractivity contribution >= 4 is 11.8 Å². The maximum Gasteiger partial charge on any atom is 0.244 e. The molecule has 0 unspecified atom stereocenters. The fourth-order valence-electron chi connectivity index (χ4n) is 1.57. The molecule has 5 nitrogen and oxygen atoms in total. The van der Waals surface area contributed by atoms with E-state index in [1.807, 2.05) is 30.3 Å². The van der Waals surface area contributed by atoms with Crippen LogP contribution in [-0.4, -0.2) is 31.4 Å². The fraction of sp³-hybridized carbons (Fsp3) is 0.385. The molecular weight excluding hydrogens is 230 g/mol. The zero-order chi connectivity index (χ0) is 13.4. The third-order valence-electron chi connectivity index (χ3n) is 2.41. The molecule has 1 rings (SSSR count). The Bertz CT molecular complexity index is 392. The zero-order valence-corrected chi connectivity index (χ0v) is 10.7. The second kappa shape index (κ2) is 7.45. The summed E-state index contributed by atoms with van der Waals surface area (Å²) >= 11 is 0. The Balaban J connectivity index is 2.48. The van der Waals surface area contributed by atoms with Crippen molar-refractivity contribution in [2.75, 3.05) is 13.6 Å². The van der Waals surface area contributed by atoms with E-state index in [9.17, 15) is 9.59 Å². The minimum Gasteiger partial charge on any atom is -0.350 e. The molecule has 0 aliphatic carbocycles. The second-order valence-electron chi connectivity index (χ2n) is 4.01. The van der Waals surface area contributed by atoms with E-state index in [-0.39, 0.29) is 11.8 Å². The molecule has 0 saturated carbocycles. The number of rotatable bonds is 6. The van der Waals surface area contributed by atoms with E-state index in [0.717, 1.165) is 5.56 Å². The molecule has 0 aromatic heterocycles. The van der Waals surface area contributed by atoms with Crippen molar-refractivity contribution in [3.8, 4) is 0 Å². The lowest BCUT2D eigenvalue weighted by Gasteiger charge is -2.17. The summed E-state index contributed by atoms with van der Waals surface area (Å²) in [6, 6.07) is 9.08. The van der Waals surface area contributed by atoms with Crippen LogP contribution in [0.2, 0.25) is 0 Å². The average molecular weight is 249 g/mol. The third kappa shape index (κ3) is 4.97. The number of carbonyl (C=O) groups excluding carboxylic acids is 2. The summed E-state index contributed by atoms with van der Waals surface area (Å²) < 4.78 is 0. The highest BCUT2D eigenvalue weighted by Gasteiger charge is 2.17. The smallest absolute Gasteiger partial charge is 0.244 e. The Labute approximate surface area is 107 Å². The van der Waals surface area contributed by atoms with Gasteiger partial charge in [0.25, 0.3) is 0 Å². The second-order valence-corrected chi connectivity index (χ2v) is 4.01. The summed E-state index contributed by atoms with van der Waals surface area (Å²) in [5, 5.41) is 8.28. The first-order valence-electron chi connectivity index (χ1n) is 5.87. The van der Waals surface area contributed by atoms with Gasteiger partial charge in [-0.3, -0.25) is 9.59 Å². The van der Waals surface area contributed by atoms with Gasteiger partial charge in [-0.05, 0) is 12.6 Å². The Morgan fingerprint density at radius 2 is 1.89 bits per heavy atom. The van der Waals surface area contributed by atoms with E-state index in [1.54, 1.807) is 7.05 Å². The standard InChI is InChI=1S/C13H19N3O2/c1-10(17)16-12(9-14-2)13(18)15-8-11-6-4-3-5-7-11/h3-7,12,14H,8-9H2,1-2H3,(H,15,18)(H,16,17)/t12-/m1/s1. The van der Waals surface area contributed by atoms with Crippen molar-refractivity contribution in [3.63, 3.8) is 0 Å². The average Bonchev–Trinajstić information content (AvgIpc) is 2.36. The predicted octanol–water partition coefficient (Wildman–Crippen LogP) is 0.0269. The summed E-state index contributed by atoms with van der Waals surface area (Å²) in [6.07, 6.45) is 0. The fourth-order valence-corrected chi connectivity index (χ4v) is 1.57. The summed E-state index contributed by atoms with van der Waals surface area (Å²) in [4.78, 5) is 22.9. The highest BCUT2D eigenvalue weighted by Crippen LogP contribution is 1.97. The molecule has 0 spiro atoms. The number of carbonyl (C=O) groups is 2. The first-order chi connectivity index (χ1) is 8.63. The van der Waals surface area contributed by atoms with Gasteiger partial charge >= 0.3 is 0 Å². The molecule has 0 bridgehead atoms. The van der Waals surface area contributed by atoms with Gasteiger partial charge in [-0.1, -0.05) is 30.3 Å². The normalized spacial score (nSPS) is 11.7. The molecule has 1 atom stereocenters. The van der Waals surface area contributed by atoms with Crippen molar-refractivity contribution in [1.29, 1.82) is 0 Å². The van der Waals surface area contributed by atoms with Gasteiger partial charge < -0.3 is 16.0 Å². The number of nitrogens with one attached hydrogen (secondary N) is 3. The third-order valence-corrected chi connectivity index (χ3v) is 2.41. The molecule has 0 heterocycles. The Morgan fingerprint density at radius 3 is 2.44 bits per heavy atom. The molecule has 3 N–H and O–H groups in total. The quantitative estimate of drug-likeness (QED) is 0.666. The molecule has 18 heavy (non-hydrogen) atoms. The Hall–Kier alpha value is -1.88. The van der Waals surface area contributed by atoms with Crippen LogP contribution < -0.4 is 16.0 Å². The number of benzene rings is 1. The van der Waals surface area contributed by atoms with Gasteiger partial charge in [-0.15, -0.1) is 0 Å². The lowest BCUT2D eigenvalue weighted by molar-refractivity contribution is -0.128. The van der Waals surface area contributed by atoms with Crippen LogP contribution in [0, 0.1) is 0 Å². The summed E-state index contributed by atoms with van der Waals surface area (Å²) in [6.45, 7) is 2.26. The SMILES string of the molecule is CNC[C@@H](NC(C)=O)C(=O)NCc1ccccc1. The van der Waals surface area contributed by atoms with Crippen molar-refractivity contribution in [1.82, 2.24) is 16.0 Å². The van der Waals surface area contributed by atoms with E-state index in [0.29, 0.717) is 13.1 Å². The minimum atomic E-state index is -0.545. The minimum absolute atomic E-state index is 0.191. The summed E-state index contributed by atoms with van der Waals surface area (Å²) in [5.74, 6) is -0.409. The molecule has 0 aliphatic heterocycles. The number of amides is 2. The van der Waals surface area contributed by atoms with Crippen molar-refractivity contribution in [2.45, 2.75) is 19.5 Å². The van der Waals surface area contributed by atoms with E-state index in [4.69, 9.17) is 0 Å². The summed E-state index contributed by atoms with van der Waals surface area (Å²) in [7, 11) is 1.74. The van der Waals surface area contributed by atoms with Gasteiger partial charge in [0.05, 0.1) is 0 Å². The zero-order valence-electron chi connectivity index (χ0n) is 10.7. The molecule has 5 heteroatoms. The van der Waals surface area contributed by atoms with Crippen LogP contribution in [0.4, 0.5) is 0 Å². The molecule has 0 fully saturated rings. The van der Waals surface area contributed by atoms with Crippen molar-refractivity contribution in [2.24, 2.45) is 0 Å². The van der Waals surface area contributed by atoms with E-state index < -0.39 is 6.04 Å². The molecule has 0 saturated heterocycles. The van der Waals surface area contributed by atoms with Gasteiger partial charge in [0, 0.05) is 20.0 Å². The molecule has 0 radical (unpaired) electrons. The molecule has 2 amide bonds. The molecule has 0 aliphatic rings. The van der Waals surface area contributed by atoms with Crippen LogP contribution in [0.3, 0.4) is 0 Å². The maximum absolute atomic E-state index is 11.9. The summed E-state index contributed by atoms with van der Waals surface area (Å²) in [5.41, 5.74) is 1.02. The first-order valence-corrected chi connectivity index (χ1v) is 5.87. The lowest BCUT2D eigenvalue weighted by Crippen LogP contribution is -2.50. The maximum atomic E-state index is 11.9. The van der Waals surface area contributed by atoms with E-state index >= 15 is 0 Å². The molecular formula is C13H19N3O2. The monoisotopic (exact) mass is 249 g/mol. The molecule has 98 valence electrons. The predicted molar refractivity (Wildman–Crippen MR) is 69.8 cm³/mol. The van der Waals surface area contributed by atoms with Crippen LogP contribution in [0.5, 0.6) is 0 Å². The van der Waals surface area contributed by atoms with Crippen molar-refractivity contribution in [3.05, 3.63) is 35.9 Å². The highest BCUT2D eigenvalue weighted by atomic mass is 16.2.